The van der Waals surface area contributed by atoms with Crippen LogP contribution < -0.4 is 0 Å². The Labute approximate surface area is 108 Å². The number of hydrogen-bond acceptors (Lipinski definition) is 1. The molecule has 0 aliphatic rings. The van der Waals surface area contributed by atoms with E-state index in [9.17, 15) is 4.79 Å². The number of terminal acetylenes is 1. The third kappa shape index (κ3) is 3.14. The second-order valence-corrected chi connectivity index (χ2v) is 4.88. The van der Waals surface area contributed by atoms with E-state index in [2.05, 4.69) is 10.5 Å². The van der Waals surface area contributed by atoms with Crippen LogP contribution in [0.4, 0.5) is 0 Å². The molecular formula is C14H18ClNO. The molecule has 0 N–H and O–H groups in total. The number of halogens is 1. The van der Waals surface area contributed by atoms with Crippen LogP contribution in [0.5, 0.6) is 0 Å². The molecule has 1 heterocycles. The van der Waals surface area contributed by atoms with Gasteiger partial charge in [-0.2, -0.15) is 0 Å². The van der Waals surface area contributed by atoms with Crippen molar-refractivity contribution in [2.45, 2.75) is 45.5 Å². The number of ketones is 1. The predicted octanol–water partition coefficient (Wildman–Crippen LogP) is 3.33. The second kappa shape index (κ2) is 5.93. The number of Topliss-reactive ketones (excluding diaryl/α,β-unsaturated/α-hetero) is 1. The zero-order valence-electron chi connectivity index (χ0n) is 10.6. The summed E-state index contributed by atoms with van der Waals surface area (Å²) in [5.74, 6) is 2.61. The van der Waals surface area contributed by atoms with Gasteiger partial charge in [0, 0.05) is 29.9 Å². The standard InChI is InChI=1S/C14H18ClNO/c1-5-6-7-8-16-10(2)9-13(12(16)4)14(17)11(3)15/h1,9,11H,6-8H2,2-4H3. The van der Waals surface area contributed by atoms with E-state index < -0.39 is 5.38 Å². The van der Waals surface area contributed by atoms with Crippen LogP contribution in [0.2, 0.25) is 0 Å². The molecule has 0 aliphatic heterocycles. The second-order valence-electron chi connectivity index (χ2n) is 4.22. The maximum absolute atomic E-state index is 11.9. The molecule has 2 nitrogen and oxygen atoms in total. The van der Waals surface area contributed by atoms with Crippen molar-refractivity contribution in [1.82, 2.24) is 4.57 Å². The maximum atomic E-state index is 11.9. The molecule has 0 radical (unpaired) electrons. The summed E-state index contributed by atoms with van der Waals surface area (Å²) in [7, 11) is 0. The molecule has 1 atom stereocenters. The molecule has 0 aliphatic carbocycles. The fraction of sp³-hybridized carbons (Fsp3) is 0.500. The summed E-state index contributed by atoms with van der Waals surface area (Å²) in [5, 5.41) is -0.477. The Morgan fingerprint density at radius 2 is 2.24 bits per heavy atom. The van der Waals surface area contributed by atoms with Crippen molar-refractivity contribution in [3.05, 3.63) is 23.0 Å². The quantitative estimate of drug-likeness (QED) is 0.341. The number of unbranched alkanes of at least 4 members (excludes halogenated alkanes) is 1. The fourth-order valence-electron chi connectivity index (χ4n) is 1.95. The first-order chi connectivity index (χ1) is 7.99. The van der Waals surface area contributed by atoms with Gasteiger partial charge in [-0.1, -0.05) is 0 Å². The molecular weight excluding hydrogens is 234 g/mol. The molecule has 17 heavy (non-hydrogen) atoms. The highest BCUT2D eigenvalue weighted by Crippen LogP contribution is 2.19. The molecule has 1 aromatic rings. The van der Waals surface area contributed by atoms with Gasteiger partial charge in [-0.25, -0.2) is 0 Å². The lowest BCUT2D eigenvalue weighted by Crippen LogP contribution is -2.12. The number of alkyl halides is 1. The van der Waals surface area contributed by atoms with Crippen molar-refractivity contribution < 1.29 is 4.79 Å². The molecule has 0 saturated carbocycles. The van der Waals surface area contributed by atoms with Crippen molar-refractivity contribution in [3.8, 4) is 12.3 Å². The number of aryl methyl sites for hydroxylation is 1. The van der Waals surface area contributed by atoms with Crippen LogP contribution in [-0.2, 0) is 6.54 Å². The van der Waals surface area contributed by atoms with Crippen molar-refractivity contribution in [2.75, 3.05) is 0 Å². The molecule has 0 amide bonds. The van der Waals surface area contributed by atoms with Crippen LogP contribution >= 0.6 is 11.6 Å². The number of nitrogens with zero attached hydrogens (tertiary/aromatic N) is 1. The number of carbonyl (C=O) groups is 1. The smallest absolute Gasteiger partial charge is 0.182 e. The molecule has 0 spiro atoms. The predicted molar refractivity (Wildman–Crippen MR) is 71.6 cm³/mol. The van der Waals surface area contributed by atoms with E-state index in [4.69, 9.17) is 18.0 Å². The number of carbonyl (C=O) groups excluding carboxylic acids is 1. The molecule has 1 rings (SSSR count). The Morgan fingerprint density at radius 3 is 2.76 bits per heavy atom. The van der Waals surface area contributed by atoms with E-state index in [1.54, 1.807) is 6.92 Å². The van der Waals surface area contributed by atoms with Crippen molar-refractivity contribution in [2.24, 2.45) is 0 Å². The third-order valence-electron chi connectivity index (χ3n) is 2.90. The van der Waals surface area contributed by atoms with Crippen molar-refractivity contribution in [3.63, 3.8) is 0 Å². The molecule has 0 saturated heterocycles. The van der Waals surface area contributed by atoms with E-state index in [1.165, 1.54) is 0 Å². The van der Waals surface area contributed by atoms with Gasteiger partial charge in [0.15, 0.2) is 5.78 Å². The molecule has 1 unspecified atom stereocenters. The minimum absolute atomic E-state index is 0.0111. The minimum Gasteiger partial charge on any atom is -0.348 e. The summed E-state index contributed by atoms with van der Waals surface area (Å²) < 4.78 is 2.13. The van der Waals surface area contributed by atoms with Gasteiger partial charge in [-0.3, -0.25) is 4.79 Å². The average molecular weight is 252 g/mol. The fourth-order valence-corrected chi connectivity index (χ4v) is 2.07. The Balaban J connectivity index is 2.94. The Bertz CT molecular complexity index is 452. The highest BCUT2D eigenvalue weighted by atomic mass is 35.5. The Kier molecular flexibility index (Phi) is 4.84. The van der Waals surface area contributed by atoms with E-state index >= 15 is 0 Å². The van der Waals surface area contributed by atoms with Gasteiger partial charge in [0.1, 0.15) is 0 Å². The first kappa shape index (κ1) is 13.9. The first-order valence-electron chi connectivity index (χ1n) is 5.77. The molecule has 3 heteroatoms. The molecule has 0 bridgehead atoms. The molecule has 92 valence electrons. The summed E-state index contributed by atoms with van der Waals surface area (Å²) in [5.41, 5.74) is 2.79. The van der Waals surface area contributed by atoms with Gasteiger partial charge in [-0.15, -0.1) is 23.9 Å². The van der Waals surface area contributed by atoms with Gasteiger partial charge < -0.3 is 4.57 Å². The topological polar surface area (TPSA) is 22.0 Å². The summed E-state index contributed by atoms with van der Waals surface area (Å²) in [6.07, 6.45) is 6.91. The van der Waals surface area contributed by atoms with Crippen LogP contribution in [0.15, 0.2) is 6.07 Å². The number of aromatic nitrogens is 1. The monoisotopic (exact) mass is 251 g/mol. The lowest BCUT2D eigenvalue weighted by Gasteiger charge is -2.08. The Morgan fingerprint density at radius 1 is 1.59 bits per heavy atom. The Hall–Kier alpha value is -1.20. The molecule has 0 aromatic carbocycles. The highest BCUT2D eigenvalue weighted by Gasteiger charge is 2.18. The van der Waals surface area contributed by atoms with E-state index in [0.29, 0.717) is 0 Å². The summed E-state index contributed by atoms with van der Waals surface area (Å²) in [4.78, 5) is 11.9. The van der Waals surface area contributed by atoms with Crippen LogP contribution in [0.1, 0.15) is 41.5 Å². The molecule has 1 aromatic heterocycles. The van der Waals surface area contributed by atoms with Crippen molar-refractivity contribution in [1.29, 1.82) is 0 Å². The minimum atomic E-state index is -0.477. The molecule has 0 fully saturated rings. The van der Waals surface area contributed by atoms with Gasteiger partial charge in [0.05, 0.1) is 5.38 Å². The van der Waals surface area contributed by atoms with Crippen molar-refractivity contribution >= 4 is 17.4 Å². The summed E-state index contributed by atoms with van der Waals surface area (Å²) >= 11 is 5.84. The average Bonchev–Trinajstić information content (AvgIpc) is 2.55. The normalized spacial score (nSPS) is 12.2. The van der Waals surface area contributed by atoms with Gasteiger partial charge in [0.2, 0.25) is 0 Å². The lowest BCUT2D eigenvalue weighted by atomic mass is 10.1. The van der Waals surface area contributed by atoms with Gasteiger partial charge in [0.25, 0.3) is 0 Å². The van der Waals surface area contributed by atoms with Crippen LogP contribution in [0.25, 0.3) is 0 Å². The van der Waals surface area contributed by atoms with Gasteiger partial charge >= 0.3 is 0 Å². The summed E-state index contributed by atoms with van der Waals surface area (Å²) in [6, 6.07) is 1.91. The largest absolute Gasteiger partial charge is 0.348 e. The maximum Gasteiger partial charge on any atom is 0.182 e. The van der Waals surface area contributed by atoms with E-state index in [-0.39, 0.29) is 5.78 Å². The van der Waals surface area contributed by atoms with E-state index in [0.717, 1.165) is 36.3 Å². The lowest BCUT2D eigenvalue weighted by molar-refractivity contribution is 0.0991. The van der Waals surface area contributed by atoms with E-state index in [1.807, 2.05) is 19.9 Å². The zero-order chi connectivity index (χ0) is 13.0. The number of rotatable bonds is 5. The summed E-state index contributed by atoms with van der Waals surface area (Å²) in [6.45, 7) is 6.51. The SMILES string of the molecule is C#CCCCn1c(C)cc(C(=O)C(C)Cl)c1C. The number of hydrogen-bond donors (Lipinski definition) is 0. The highest BCUT2D eigenvalue weighted by molar-refractivity contribution is 6.33. The van der Waals surface area contributed by atoms with Crippen LogP contribution in [0.3, 0.4) is 0 Å². The van der Waals surface area contributed by atoms with Crippen LogP contribution in [-0.4, -0.2) is 15.7 Å². The third-order valence-corrected chi connectivity index (χ3v) is 3.10. The van der Waals surface area contributed by atoms with Crippen LogP contribution in [0, 0.1) is 26.2 Å². The first-order valence-corrected chi connectivity index (χ1v) is 6.21. The zero-order valence-corrected chi connectivity index (χ0v) is 11.3. The van der Waals surface area contributed by atoms with Gasteiger partial charge in [-0.05, 0) is 33.3 Å².